The normalized spacial score (nSPS) is 17.2. The lowest BCUT2D eigenvalue weighted by Gasteiger charge is -2.32. The van der Waals surface area contributed by atoms with Crippen molar-refractivity contribution in [3.8, 4) is 11.1 Å². The maximum Gasteiger partial charge on any atom is 0.275 e. The first-order valence-electron chi connectivity index (χ1n) is 15.3. The lowest BCUT2D eigenvalue weighted by atomic mass is 9.92. The van der Waals surface area contributed by atoms with Crippen molar-refractivity contribution in [2.24, 2.45) is 0 Å². The van der Waals surface area contributed by atoms with Gasteiger partial charge in [0, 0.05) is 78.7 Å². The average molecular weight is 621 g/mol. The molecule has 9 heteroatoms. The Morgan fingerprint density at radius 1 is 0.739 bits per heavy atom. The number of carbonyl (C=O) groups is 3. The minimum Gasteiger partial charge on any atom is -0.337 e. The monoisotopic (exact) mass is 620 g/mol. The van der Waals surface area contributed by atoms with E-state index in [-0.39, 0.29) is 28.9 Å². The highest BCUT2D eigenvalue weighted by Crippen LogP contribution is 2.44. The fraction of sp³-hybridized carbons (Fsp3) is 0.216. The first kappa shape index (κ1) is 30.9. The summed E-state index contributed by atoms with van der Waals surface area (Å²) in [7, 11) is 1.95. The van der Waals surface area contributed by atoms with Crippen LogP contribution in [0.4, 0.5) is 20.2 Å². The fourth-order valence-electron chi connectivity index (χ4n) is 5.98. The molecule has 4 aromatic carbocycles. The predicted octanol–water partition coefficient (Wildman–Crippen LogP) is 6.45. The summed E-state index contributed by atoms with van der Waals surface area (Å²) in [5.41, 5.74) is 2.10. The van der Waals surface area contributed by atoms with Crippen molar-refractivity contribution in [3.63, 3.8) is 0 Å². The summed E-state index contributed by atoms with van der Waals surface area (Å²) in [5, 5.41) is 2.89. The van der Waals surface area contributed by atoms with Crippen LogP contribution in [0, 0.1) is 0 Å². The van der Waals surface area contributed by atoms with Gasteiger partial charge < -0.3 is 20.0 Å². The number of benzene rings is 4. The van der Waals surface area contributed by atoms with E-state index in [4.69, 9.17) is 0 Å². The van der Waals surface area contributed by atoms with Crippen LogP contribution in [0.2, 0.25) is 0 Å². The summed E-state index contributed by atoms with van der Waals surface area (Å²) in [6.45, 7) is 1.94. The van der Waals surface area contributed by atoms with Crippen molar-refractivity contribution in [3.05, 3.63) is 126 Å². The summed E-state index contributed by atoms with van der Waals surface area (Å²) >= 11 is 0. The number of amides is 3. The van der Waals surface area contributed by atoms with Crippen molar-refractivity contribution in [1.29, 1.82) is 0 Å². The van der Waals surface area contributed by atoms with Gasteiger partial charge in [-0.2, -0.15) is 0 Å². The standard InChI is InChI=1S/C37H34F2N4O3/c1-41-21-23-42(24-22-41)33(44)25-31-28-15-8-9-18-32(28)43(20-19-37(31,38)39)36(46)30-17-10-16-29(34(30)26-11-4-2-5-12-26)35(45)40-27-13-6-3-7-14-27/h2-18,25H,19-24H2,1H3,(H,40,45). The molecular formula is C37H34F2N4O3. The maximum atomic E-state index is 15.9. The molecule has 0 spiro atoms. The number of para-hydroxylation sites is 2. The Bertz CT molecular complexity index is 1790. The molecule has 2 aliphatic rings. The molecule has 0 aromatic heterocycles. The number of piperazine rings is 1. The van der Waals surface area contributed by atoms with E-state index >= 15 is 8.78 Å². The minimum atomic E-state index is -3.37. The Hall–Kier alpha value is -5.15. The highest BCUT2D eigenvalue weighted by atomic mass is 19.3. The molecule has 0 unspecified atom stereocenters. The number of alkyl halides is 2. The highest BCUT2D eigenvalue weighted by Gasteiger charge is 2.42. The Morgan fingerprint density at radius 3 is 2.09 bits per heavy atom. The summed E-state index contributed by atoms with van der Waals surface area (Å²) in [6.07, 6.45) is 0.367. The molecule has 234 valence electrons. The van der Waals surface area contributed by atoms with Crippen LogP contribution in [-0.2, 0) is 4.79 Å². The van der Waals surface area contributed by atoms with Crippen LogP contribution >= 0.6 is 0 Å². The number of fused-ring (bicyclic) bond motifs is 1. The average Bonchev–Trinajstić information content (AvgIpc) is 3.18. The molecule has 46 heavy (non-hydrogen) atoms. The van der Waals surface area contributed by atoms with Crippen molar-refractivity contribution in [2.45, 2.75) is 12.3 Å². The Kier molecular flexibility index (Phi) is 8.76. The van der Waals surface area contributed by atoms with Crippen LogP contribution in [0.15, 0.2) is 109 Å². The van der Waals surface area contributed by atoms with Gasteiger partial charge in [0.15, 0.2) is 0 Å². The fourth-order valence-corrected chi connectivity index (χ4v) is 5.98. The second kappa shape index (κ2) is 13.1. The molecule has 3 amide bonds. The number of nitrogens with zero attached hydrogens (tertiary/aromatic N) is 3. The molecular weight excluding hydrogens is 586 g/mol. The van der Waals surface area contributed by atoms with Crippen molar-refractivity contribution >= 4 is 34.7 Å². The molecule has 7 nitrogen and oxygen atoms in total. The van der Waals surface area contributed by atoms with E-state index < -0.39 is 35.6 Å². The SMILES string of the molecule is CN1CCN(C(=O)C=C2c3ccccc3N(C(=O)c3cccc(C(=O)Nc4ccccc4)c3-c3ccccc3)CCC2(F)F)CC1. The van der Waals surface area contributed by atoms with Crippen LogP contribution in [0.1, 0.15) is 32.7 Å². The number of hydrogen-bond acceptors (Lipinski definition) is 4. The Labute approximate surface area is 266 Å². The number of halogens is 2. The van der Waals surface area contributed by atoms with Crippen LogP contribution in [0.3, 0.4) is 0 Å². The van der Waals surface area contributed by atoms with Gasteiger partial charge in [-0.1, -0.05) is 72.8 Å². The second-order valence-corrected chi connectivity index (χ2v) is 11.5. The number of allylic oxidation sites excluding steroid dienone is 1. The maximum absolute atomic E-state index is 15.9. The van der Waals surface area contributed by atoms with E-state index in [0.717, 1.165) is 6.08 Å². The Balaban J connectivity index is 1.42. The van der Waals surface area contributed by atoms with Gasteiger partial charge in [-0.05, 0) is 42.9 Å². The summed E-state index contributed by atoms with van der Waals surface area (Å²) in [6, 6.07) is 29.4. The molecule has 6 rings (SSSR count). The molecule has 1 saturated heterocycles. The van der Waals surface area contributed by atoms with Crippen LogP contribution in [0.25, 0.3) is 16.7 Å². The van der Waals surface area contributed by atoms with Gasteiger partial charge in [-0.15, -0.1) is 0 Å². The number of carbonyl (C=O) groups excluding carboxylic acids is 3. The predicted molar refractivity (Wildman–Crippen MR) is 176 cm³/mol. The van der Waals surface area contributed by atoms with Crippen LogP contribution in [-0.4, -0.2) is 73.2 Å². The molecule has 0 saturated carbocycles. The minimum absolute atomic E-state index is 0.125. The zero-order chi connectivity index (χ0) is 32.3. The number of nitrogens with one attached hydrogen (secondary N) is 1. The topological polar surface area (TPSA) is 73.0 Å². The zero-order valence-corrected chi connectivity index (χ0v) is 25.5. The molecule has 0 radical (unpaired) electrons. The summed E-state index contributed by atoms with van der Waals surface area (Å²) in [4.78, 5) is 46.4. The number of likely N-dealkylation sites (N-methyl/N-ethyl adjacent to an activating group) is 1. The molecule has 0 atom stereocenters. The van der Waals surface area contributed by atoms with E-state index in [1.165, 1.54) is 11.0 Å². The van der Waals surface area contributed by atoms with Gasteiger partial charge in [0.05, 0.1) is 5.69 Å². The highest BCUT2D eigenvalue weighted by molar-refractivity contribution is 6.17. The van der Waals surface area contributed by atoms with E-state index in [2.05, 4.69) is 10.2 Å². The van der Waals surface area contributed by atoms with Gasteiger partial charge in [0.2, 0.25) is 5.91 Å². The molecule has 0 bridgehead atoms. The Morgan fingerprint density at radius 2 is 1.37 bits per heavy atom. The van der Waals surface area contributed by atoms with E-state index in [9.17, 15) is 14.4 Å². The lowest BCUT2D eigenvalue weighted by Crippen LogP contribution is -2.46. The second-order valence-electron chi connectivity index (χ2n) is 11.5. The summed E-state index contributed by atoms with van der Waals surface area (Å²) < 4.78 is 31.8. The van der Waals surface area contributed by atoms with Gasteiger partial charge in [0.1, 0.15) is 0 Å². The lowest BCUT2D eigenvalue weighted by molar-refractivity contribution is -0.127. The largest absolute Gasteiger partial charge is 0.337 e. The van der Waals surface area contributed by atoms with Crippen LogP contribution < -0.4 is 10.2 Å². The van der Waals surface area contributed by atoms with E-state index in [0.29, 0.717) is 43.0 Å². The van der Waals surface area contributed by atoms with E-state index in [1.54, 1.807) is 65.6 Å². The van der Waals surface area contributed by atoms with Crippen molar-refractivity contribution < 1.29 is 23.2 Å². The number of hydrogen-bond donors (Lipinski definition) is 1. The molecule has 4 aromatic rings. The third-order valence-corrected chi connectivity index (χ3v) is 8.49. The molecule has 1 N–H and O–H groups in total. The van der Waals surface area contributed by atoms with Gasteiger partial charge in [0.25, 0.3) is 17.7 Å². The molecule has 0 aliphatic carbocycles. The number of anilines is 2. The first-order valence-corrected chi connectivity index (χ1v) is 15.3. The van der Waals surface area contributed by atoms with Gasteiger partial charge in [-0.25, -0.2) is 8.78 Å². The van der Waals surface area contributed by atoms with Crippen molar-refractivity contribution in [2.75, 3.05) is 50.0 Å². The zero-order valence-electron chi connectivity index (χ0n) is 25.5. The molecule has 2 aliphatic heterocycles. The molecule has 2 heterocycles. The number of rotatable bonds is 5. The smallest absolute Gasteiger partial charge is 0.275 e. The first-order chi connectivity index (χ1) is 22.2. The van der Waals surface area contributed by atoms with E-state index in [1.807, 2.05) is 43.4 Å². The quantitative estimate of drug-likeness (QED) is 0.261. The third kappa shape index (κ3) is 6.32. The van der Waals surface area contributed by atoms with Crippen molar-refractivity contribution in [1.82, 2.24) is 9.80 Å². The summed E-state index contributed by atoms with van der Waals surface area (Å²) in [5.74, 6) is -4.77. The van der Waals surface area contributed by atoms with Gasteiger partial charge >= 0.3 is 0 Å². The third-order valence-electron chi connectivity index (χ3n) is 8.49. The van der Waals surface area contributed by atoms with Gasteiger partial charge in [-0.3, -0.25) is 14.4 Å². The molecule has 1 fully saturated rings. The van der Waals surface area contributed by atoms with Crippen LogP contribution in [0.5, 0.6) is 0 Å².